The summed E-state index contributed by atoms with van der Waals surface area (Å²) in [6, 6.07) is 15.0. The van der Waals surface area contributed by atoms with E-state index in [0.717, 1.165) is 16.8 Å². The SMILES string of the molecule is Cc1cc(CNc2ccc(CC#N)cc2)ccc1F. The molecule has 2 aromatic carbocycles. The first-order valence-electron chi connectivity index (χ1n) is 6.14. The molecule has 0 aliphatic heterocycles. The Kier molecular flexibility index (Phi) is 4.15. The van der Waals surface area contributed by atoms with Crippen molar-refractivity contribution in [3.8, 4) is 6.07 Å². The Labute approximate surface area is 112 Å². The summed E-state index contributed by atoms with van der Waals surface area (Å²) in [5, 5.41) is 11.9. The van der Waals surface area contributed by atoms with Crippen molar-refractivity contribution in [2.45, 2.75) is 19.9 Å². The van der Waals surface area contributed by atoms with Gasteiger partial charge in [0.25, 0.3) is 0 Å². The average Bonchev–Trinajstić information content (AvgIpc) is 2.42. The van der Waals surface area contributed by atoms with Gasteiger partial charge in [0.15, 0.2) is 0 Å². The summed E-state index contributed by atoms with van der Waals surface area (Å²) in [6.07, 6.45) is 0.428. The predicted molar refractivity (Wildman–Crippen MR) is 74.2 cm³/mol. The minimum Gasteiger partial charge on any atom is -0.381 e. The lowest BCUT2D eigenvalue weighted by Gasteiger charge is -2.08. The van der Waals surface area contributed by atoms with Gasteiger partial charge in [0.05, 0.1) is 12.5 Å². The number of anilines is 1. The zero-order valence-corrected chi connectivity index (χ0v) is 10.8. The van der Waals surface area contributed by atoms with Gasteiger partial charge in [-0.15, -0.1) is 0 Å². The Bertz CT molecular complexity index is 597. The highest BCUT2D eigenvalue weighted by Gasteiger charge is 1.99. The van der Waals surface area contributed by atoms with Crippen molar-refractivity contribution in [3.63, 3.8) is 0 Å². The van der Waals surface area contributed by atoms with Crippen molar-refractivity contribution in [3.05, 3.63) is 65.0 Å². The third kappa shape index (κ3) is 3.56. The monoisotopic (exact) mass is 254 g/mol. The summed E-state index contributed by atoms with van der Waals surface area (Å²) in [4.78, 5) is 0. The van der Waals surface area contributed by atoms with Crippen LogP contribution in [0.15, 0.2) is 42.5 Å². The molecule has 1 N–H and O–H groups in total. The van der Waals surface area contributed by atoms with Gasteiger partial charge in [0, 0.05) is 12.2 Å². The molecule has 0 amide bonds. The van der Waals surface area contributed by atoms with Gasteiger partial charge in [-0.05, 0) is 41.8 Å². The molecule has 0 spiro atoms. The molecule has 3 heteroatoms. The molecule has 0 fully saturated rings. The Morgan fingerprint density at radius 2 is 1.79 bits per heavy atom. The third-order valence-corrected chi connectivity index (χ3v) is 2.96. The normalized spacial score (nSPS) is 9.95. The maximum Gasteiger partial charge on any atom is 0.126 e. The molecule has 0 aliphatic rings. The van der Waals surface area contributed by atoms with Crippen molar-refractivity contribution in [2.75, 3.05) is 5.32 Å². The highest BCUT2D eigenvalue weighted by Crippen LogP contribution is 2.13. The fourth-order valence-corrected chi connectivity index (χ4v) is 1.85. The van der Waals surface area contributed by atoms with Crippen LogP contribution in [0.4, 0.5) is 10.1 Å². The molecule has 19 heavy (non-hydrogen) atoms. The van der Waals surface area contributed by atoms with Crippen molar-refractivity contribution < 1.29 is 4.39 Å². The minimum absolute atomic E-state index is 0.176. The van der Waals surface area contributed by atoms with Gasteiger partial charge in [0.1, 0.15) is 5.82 Å². The van der Waals surface area contributed by atoms with E-state index in [9.17, 15) is 4.39 Å². The van der Waals surface area contributed by atoms with E-state index in [2.05, 4.69) is 11.4 Å². The first-order valence-corrected chi connectivity index (χ1v) is 6.14. The zero-order chi connectivity index (χ0) is 13.7. The largest absolute Gasteiger partial charge is 0.381 e. The van der Waals surface area contributed by atoms with Crippen LogP contribution in [0.25, 0.3) is 0 Å². The number of benzene rings is 2. The quantitative estimate of drug-likeness (QED) is 0.900. The molecule has 0 radical (unpaired) electrons. The number of halogens is 1. The Hall–Kier alpha value is -2.34. The molecule has 0 bridgehead atoms. The van der Waals surface area contributed by atoms with E-state index in [1.807, 2.05) is 30.3 Å². The summed E-state index contributed by atoms with van der Waals surface area (Å²) in [5.74, 6) is -0.176. The highest BCUT2D eigenvalue weighted by atomic mass is 19.1. The van der Waals surface area contributed by atoms with E-state index in [1.165, 1.54) is 6.07 Å². The van der Waals surface area contributed by atoms with E-state index >= 15 is 0 Å². The molecule has 2 nitrogen and oxygen atoms in total. The second kappa shape index (κ2) is 6.01. The topological polar surface area (TPSA) is 35.8 Å². The molecule has 0 unspecified atom stereocenters. The van der Waals surface area contributed by atoms with E-state index in [-0.39, 0.29) is 5.82 Å². The van der Waals surface area contributed by atoms with Crippen molar-refractivity contribution >= 4 is 5.69 Å². The number of nitrogens with one attached hydrogen (secondary N) is 1. The molecular formula is C16H15FN2. The van der Waals surface area contributed by atoms with Crippen LogP contribution in [0.2, 0.25) is 0 Å². The summed E-state index contributed by atoms with van der Waals surface area (Å²) in [6.45, 7) is 2.41. The van der Waals surface area contributed by atoms with Gasteiger partial charge in [-0.2, -0.15) is 5.26 Å². The van der Waals surface area contributed by atoms with Crippen molar-refractivity contribution in [1.82, 2.24) is 0 Å². The highest BCUT2D eigenvalue weighted by molar-refractivity contribution is 5.45. The number of hydrogen-bond acceptors (Lipinski definition) is 2. The third-order valence-electron chi connectivity index (χ3n) is 2.96. The second-order valence-corrected chi connectivity index (χ2v) is 4.47. The number of hydrogen-bond donors (Lipinski definition) is 1. The summed E-state index contributed by atoms with van der Waals surface area (Å²) >= 11 is 0. The number of rotatable bonds is 4. The fraction of sp³-hybridized carbons (Fsp3) is 0.188. The molecule has 0 aromatic heterocycles. The number of aryl methyl sites for hydroxylation is 1. The molecule has 0 atom stereocenters. The van der Waals surface area contributed by atoms with Crippen LogP contribution < -0.4 is 5.32 Å². The van der Waals surface area contributed by atoms with Gasteiger partial charge in [-0.1, -0.05) is 24.3 Å². The van der Waals surface area contributed by atoms with Gasteiger partial charge >= 0.3 is 0 Å². The van der Waals surface area contributed by atoms with E-state index < -0.39 is 0 Å². The first kappa shape index (κ1) is 13.1. The number of nitriles is 1. The lowest BCUT2D eigenvalue weighted by atomic mass is 10.1. The number of nitrogens with zero attached hydrogens (tertiary/aromatic N) is 1. The molecule has 0 aliphatic carbocycles. The van der Waals surface area contributed by atoms with Crippen LogP contribution in [0.5, 0.6) is 0 Å². The van der Waals surface area contributed by atoms with Crippen molar-refractivity contribution in [1.29, 1.82) is 5.26 Å². The van der Waals surface area contributed by atoms with Crippen LogP contribution in [0.3, 0.4) is 0 Å². The fourth-order valence-electron chi connectivity index (χ4n) is 1.85. The van der Waals surface area contributed by atoms with Crippen LogP contribution in [-0.2, 0) is 13.0 Å². The summed E-state index contributed by atoms with van der Waals surface area (Å²) < 4.78 is 13.1. The van der Waals surface area contributed by atoms with Crippen LogP contribution in [-0.4, -0.2) is 0 Å². The maximum absolute atomic E-state index is 13.1. The molecule has 2 aromatic rings. The maximum atomic E-state index is 13.1. The lowest BCUT2D eigenvalue weighted by molar-refractivity contribution is 0.617. The van der Waals surface area contributed by atoms with Gasteiger partial charge in [-0.3, -0.25) is 0 Å². The average molecular weight is 254 g/mol. The summed E-state index contributed by atoms with van der Waals surface area (Å²) in [5.41, 5.74) is 3.69. The van der Waals surface area contributed by atoms with Crippen molar-refractivity contribution in [2.24, 2.45) is 0 Å². The van der Waals surface area contributed by atoms with E-state index in [4.69, 9.17) is 5.26 Å². The van der Waals surface area contributed by atoms with E-state index in [0.29, 0.717) is 18.5 Å². The molecule has 2 rings (SSSR count). The lowest BCUT2D eigenvalue weighted by Crippen LogP contribution is -2.00. The second-order valence-electron chi connectivity index (χ2n) is 4.47. The van der Waals surface area contributed by atoms with Crippen LogP contribution in [0, 0.1) is 24.1 Å². The van der Waals surface area contributed by atoms with Crippen LogP contribution in [0.1, 0.15) is 16.7 Å². The zero-order valence-electron chi connectivity index (χ0n) is 10.8. The van der Waals surface area contributed by atoms with E-state index in [1.54, 1.807) is 13.0 Å². The van der Waals surface area contributed by atoms with Crippen LogP contribution >= 0.6 is 0 Å². The Balaban J connectivity index is 1.98. The Morgan fingerprint density at radius 1 is 1.11 bits per heavy atom. The first-order chi connectivity index (χ1) is 9.19. The van der Waals surface area contributed by atoms with Gasteiger partial charge < -0.3 is 5.32 Å². The standard InChI is InChI=1S/C16H15FN2/c1-12-10-14(4-7-16(12)17)11-19-15-5-2-13(3-6-15)8-9-18/h2-7,10,19H,8,11H2,1H3. The van der Waals surface area contributed by atoms with Gasteiger partial charge in [0.2, 0.25) is 0 Å². The Morgan fingerprint density at radius 3 is 2.42 bits per heavy atom. The van der Waals surface area contributed by atoms with Gasteiger partial charge in [-0.25, -0.2) is 4.39 Å². The molecule has 96 valence electrons. The smallest absolute Gasteiger partial charge is 0.126 e. The predicted octanol–water partition coefficient (Wildman–Crippen LogP) is 3.81. The molecular weight excluding hydrogens is 239 g/mol. The molecule has 0 heterocycles. The summed E-state index contributed by atoms with van der Waals surface area (Å²) in [7, 11) is 0. The minimum atomic E-state index is -0.176. The molecule has 0 saturated heterocycles. The molecule has 0 saturated carbocycles.